The van der Waals surface area contributed by atoms with E-state index in [1.54, 1.807) is 24.3 Å². The molecule has 0 saturated carbocycles. The summed E-state index contributed by atoms with van der Waals surface area (Å²) in [5, 5.41) is 2.07. The van der Waals surface area contributed by atoms with Gasteiger partial charge < -0.3 is 19.7 Å². The lowest BCUT2D eigenvalue weighted by Gasteiger charge is -2.20. The minimum atomic E-state index is -1.31. The summed E-state index contributed by atoms with van der Waals surface area (Å²) in [6.45, 7) is 1.34. The fraction of sp³-hybridized carbons (Fsp3) is 0.286. The van der Waals surface area contributed by atoms with Gasteiger partial charge in [0, 0.05) is 13.0 Å². The highest BCUT2D eigenvalue weighted by molar-refractivity contribution is 6.01. The highest BCUT2D eigenvalue weighted by atomic mass is 19.1. The molecule has 2 atom stereocenters. The van der Waals surface area contributed by atoms with Crippen LogP contribution in [0, 0.1) is 17.6 Å². The topological polar surface area (TPSA) is 84.9 Å². The Morgan fingerprint density at radius 1 is 1.13 bits per heavy atom. The van der Waals surface area contributed by atoms with E-state index in [-0.39, 0.29) is 18.9 Å². The molecule has 3 rings (SSSR count). The predicted molar refractivity (Wildman–Crippen MR) is 104 cm³/mol. The first-order valence-electron chi connectivity index (χ1n) is 9.20. The van der Waals surface area contributed by atoms with Gasteiger partial charge in [0.25, 0.3) is 5.91 Å². The monoisotopic (exact) mass is 418 g/mol. The van der Waals surface area contributed by atoms with Gasteiger partial charge in [0.2, 0.25) is 5.91 Å². The number of anilines is 2. The second kappa shape index (κ2) is 8.89. The fourth-order valence-electron chi connectivity index (χ4n) is 3.12. The van der Waals surface area contributed by atoms with Crippen LogP contribution >= 0.6 is 0 Å². The highest BCUT2D eigenvalue weighted by Crippen LogP contribution is 2.33. The van der Waals surface area contributed by atoms with E-state index in [9.17, 15) is 23.2 Å². The standard InChI is InChI=1S/C21H20F2N2O5/c1-12(20(27)24-19-14(22)6-5-7-15(19)23)30-21(28)13-10-18(26)25(11-13)16-8-3-4-9-17(16)29-2/h3-9,12-13H,10-11H2,1-2H3,(H,24,27)/t12-,13-/m0/s1. The molecule has 1 saturated heterocycles. The molecule has 1 fully saturated rings. The predicted octanol–water partition coefficient (Wildman–Crippen LogP) is 2.90. The van der Waals surface area contributed by atoms with E-state index < -0.39 is 41.2 Å². The average molecular weight is 418 g/mol. The number of benzene rings is 2. The first kappa shape index (κ1) is 21.2. The second-order valence-corrected chi connectivity index (χ2v) is 6.74. The van der Waals surface area contributed by atoms with Crippen molar-refractivity contribution in [3.63, 3.8) is 0 Å². The number of nitrogens with one attached hydrogen (secondary N) is 1. The molecule has 1 aliphatic heterocycles. The summed E-state index contributed by atoms with van der Waals surface area (Å²) in [5.74, 6) is -4.13. The highest BCUT2D eigenvalue weighted by Gasteiger charge is 2.38. The van der Waals surface area contributed by atoms with Crippen molar-refractivity contribution in [2.45, 2.75) is 19.4 Å². The lowest BCUT2D eigenvalue weighted by Crippen LogP contribution is -2.33. The van der Waals surface area contributed by atoms with E-state index in [1.807, 2.05) is 0 Å². The van der Waals surface area contributed by atoms with E-state index >= 15 is 0 Å². The largest absolute Gasteiger partial charge is 0.495 e. The third-order valence-corrected chi connectivity index (χ3v) is 4.71. The van der Waals surface area contributed by atoms with Crippen LogP contribution in [0.5, 0.6) is 5.75 Å². The van der Waals surface area contributed by atoms with Crippen molar-refractivity contribution in [3.05, 3.63) is 54.1 Å². The third kappa shape index (κ3) is 4.40. The van der Waals surface area contributed by atoms with Crippen molar-refractivity contribution in [3.8, 4) is 5.75 Å². The Labute approximate surface area is 171 Å². The number of carbonyl (C=O) groups is 3. The van der Waals surface area contributed by atoms with Crippen molar-refractivity contribution in [1.82, 2.24) is 0 Å². The van der Waals surface area contributed by atoms with Gasteiger partial charge in [-0.25, -0.2) is 8.78 Å². The zero-order chi connectivity index (χ0) is 21.8. The maximum Gasteiger partial charge on any atom is 0.312 e. The number of nitrogens with zero attached hydrogens (tertiary/aromatic N) is 1. The van der Waals surface area contributed by atoms with Crippen molar-refractivity contribution in [2.24, 2.45) is 5.92 Å². The molecule has 0 bridgehead atoms. The molecule has 9 heteroatoms. The van der Waals surface area contributed by atoms with Crippen LogP contribution < -0.4 is 15.0 Å². The van der Waals surface area contributed by atoms with Gasteiger partial charge in [-0.3, -0.25) is 14.4 Å². The Morgan fingerprint density at radius 3 is 2.47 bits per heavy atom. The number of halogens is 2. The normalized spacial score (nSPS) is 16.9. The van der Waals surface area contributed by atoms with Crippen molar-refractivity contribution in [1.29, 1.82) is 0 Å². The lowest BCUT2D eigenvalue weighted by atomic mass is 10.1. The maximum absolute atomic E-state index is 13.7. The molecular formula is C21H20F2N2O5. The lowest BCUT2D eigenvalue weighted by molar-refractivity contribution is -0.157. The number of rotatable bonds is 6. The van der Waals surface area contributed by atoms with E-state index in [2.05, 4.69) is 5.32 Å². The van der Waals surface area contributed by atoms with Crippen LogP contribution in [0.2, 0.25) is 0 Å². The zero-order valence-electron chi connectivity index (χ0n) is 16.4. The average Bonchev–Trinajstić information content (AvgIpc) is 3.12. The van der Waals surface area contributed by atoms with Crippen LogP contribution in [-0.4, -0.2) is 37.5 Å². The summed E-state index contributed by atoms with van der Waals surface area (Å²) < 4.78 is 37.7. The number of para-hydroxylation sites is 3. The Morgan fingerprint density at radius 2 is 1.80 bits per heavy atom. The number of amides is 2. The first-order chi connectivity index (χ1) is 14.3. The number of hydrogen-bond acceptors (Lipinski definition) is 5. The molecule has 0 aromatic heterocycles. The molecule has 2 amide bonds. The fourth-order valence-corrected chi connectivity index (χ4v) is 3.12. The molecule has 1 N–H and O–H groups in total. The Bertz CT molecular complexity index is 961. The minimum Gasteiger partial charge on any atom is -0.495 e. The van der Waals surface area contributed by atoms with Crippen LogP contribution in [0.15, 0.2) is 42.5 Å². The molecule has 1 aliphatic rings. The van der Waals surface area contributed by atoms with Crippen LogP contribution in [-0.2, 0) is 19.1 Å². The van der Waals surface area contributed by atoms with Crippen LogP contribution in [0.4, 0.5) is 20.2 Å². The van der Waals surface area contributed by atoms with Crippen LogP contribution in [0.3, 0.4) is 0 Å². The number of carbonyl (C=O) groups excluding carboxylic acids is 3. The molecule has 7 nitrogen and oxygen atoms in total. The summed E-state index contributed by atoms with van der Waals surface area (Å²) in [7, 11) is 1.48. The Balaban J connectivity index is 1.63. The van der Waals surface area contributed by atoms with Gasteiger partial charge in [0.15, 0.2) is 6.10 Å². The van der Waals surface area contributed by atoms with Gasteiger partial charge >= 0.3 is 5.97 Å². The van der Waals surface area contributed by atoms with Gasteiger partial charge in [0.1, 0.15) is 23.1 Å². The smallest absolute Gasteiger partial charge is 0.312 e. The summed E-state index contributed by atoms with van der Waals surface area (Å²) >= 11 is 0. The first-order valence-corrected chi connectivity index (χ1v) is 9.20. The van der Waals surface area contributed by atoms with Gasteiger partial charge in [-0.1, -0.05) is 18.2 Å². The van der Waals surface area contributed by atoms with Gasteiger partial charge in [-0.05, 0) is 31.2 Å². The molecule has 158 valence electrons. The van der Waals surface area contributed by atoms with Crippen molar-refractivity contribution < 1.29 is 32.6 Å². The molecule has 1 heterocycles. The van der Waals surface area contributed by atoms with Gasteiger partial charge in [0.05, 0.1) is 18.7 Å². The van der Waals surface area contributed by atoms with Gasteiger partial charge in [-0.2, -0.15) is 0 Å². The molecule has 0 radical (unpaired) electrons. The van der Waals surface area contributed by atoms with E-state index in [4.69, 9.17) is 9.47 Å². The third-order valence-electron chi connectivity index (χ3n) is 4.71. The summed E-state index contributed by atoms with van der Waals surface area (Å²) in [6.07, 6.45) is -1.40. The Hall–Kier alpha value is -3.49. The van der Waals surface area contributed by atoms with Crippen molar-refractivity contribution >= 4 is 29.2 Å². The van der Waals surface area contributed by atoms with Crippen LogP contribution in [0.1, 0.15) is 13.3 Å². The minimum absolute atomic E-state index is 0.0638. The second-order valence-electron chi connectivity index (χ2n) is 6.74. The number of methoxy groups -OCH3 is 1. The van der Waals surface area contributed by atoms with E-state index in [0.717, 1.165) is 18.2 Å². The maximum atomic E-state index is 13.7. The molecule has 30 heavy (non-hydrogen) atoms. The van der Waals surface area contributed by atoms with Crippen molar-refractivity contribution in [2.75, 3.05) is 23.9 Å². The number of esters is 1. The molecular weight excluding hydrogens is 398 g/mol. The van der Waals surface area contributed by atoms with E-state index in [1.165, 1.54) is 18.9 Å². The molecule has 2 aromatic carbocycles. The number of hydrogen-bond donors (Lipinski definition) is 1. The number of ether oxygens (including phenoxy) is 2. The van der Waals surface area contributed by atoms with E-state index in [0.29, 0.717) is 11.4 Å². The molecule has 0 spiro atoms. The van der Waals surface area contributed by atoms with Crippen LogP contribution in [0.25, 0.3) is 0 Å². The summed E-state index contributed by atoms with van der Waals surface area (Å²) in [6, 6.07) is 10.0. The quantitative estimate of drug-likeness (QED) is 0.730. The summed E-state index contributed by atoms with van der Waals surface area (Å²) in [4.78, 5) is 38.5. The summed E-state index contributed by atoms with van der Waals surface area (Å²) in [5.41, 5.74) is -0.0927. The Kier molecular flexibility index (Phi) is 6.29. The zero-order valence-corrected chi connectivity index (χ0v) is 16.4. The SMILES string of the molecule is COc1ccccc1N1C[C@@H](C(=O)O[C@@H](C)C(=O)Nc2c(F)cccc2F)CC1=O. The molecule has 2 aromatic rings. The molecule has 0 unspecified atom stereocenters. The van der Waals surface area contributed by atoms with Gasteiger partial charge in [-0.15, -0.1) is 0 Å². The molecule has 0 aliphatic carbocycles.